The Bertz CT molecular complexity index is 637. The number of nitrogens with zero attached hydrogens (tertiary/aromatic N) is 2. The van der Waals surface area contributed by atoms with Gasteiger partial charge in [-0.3, -0.25) is 14.4 Å². The summed E-state index contributed by atoms with van der Waals surface area (Å²) in [5.41, 5.74) is 1.77. The van der Waals surface area contributed by atoms with Gasteiger partial charge in [-0.25, -0.2) is 0 Å². The molecule has 0 N–H and O–H groups in total. The van der Waals surface area contributed by atoms with Crippen LogP contribution < -0.4 is 0 Å². The van der Waals surface area contributed by atoms with Crippen LogP contribution in [0, 0.1) is 12.8 Å². The fourth-order valence-electron chi connectivity index (χ4n) is 3.16. The standard InChI is InChI=1S/C21H30N2O3/c1-16(2)15-21(26)23-12-4-11-22(13-14-23)20(25)10-9-19(24)18-7-5-17(3)6-8-18/h5-8,16H,4,9-15H2,1-3H3. The van der Waals surface area contributed by atoms with E-state index in [1.54, 1.807) is 4.90 Å². The maximum Gasteiger partial charge on any atom is 0.223 e. The highest BCUT2D eigenvalue weighted by Crippen LogP contribution is 2.12. The molecule has 5 nitrogen and oxygen atoms in total. The second-order valence-electron chi connectivity index (χ2n) is 7.50. The van der Waals surface area contributed by atoms with Crippen molar-refractivity contribution in [1.82, 2.24) is 9.80 Å². The molecule has 1 heterocycles. The first kappa shape index (κ1) is 20.1. The Hall–Kier alpha value is -2.17. The Morgan fingerprint density at radius 1 is 0.885 bits per heavy atom. The monoisotopic (exact) mass is 358 g/mol. The zero-order valence-corrected chi connectivity index (χ0v) is 16.2. The minimum Gasteiger partial charge on any atom is -0.341 e. The summed E-state index contributed by atoms with van der Waals surface area (Å²) in [5.74, 6) is 0.519. The van der Waals surface area contributed by atoms with E-state index in [0.29, 0.717) is 44.1 Å². The van der Waals surface area contributed by atoms with E-state index in [0.717, 1.165) is 12.0 Å². The lowest BCUT2D eigenvalue weighted by Gasteiger charge is -2.23. The van der Waals surface area contributed by atoms with Crippen LogP contribution in [0.1, 0.15) is 55.5 Å². The average Bonchev–Trinajstić information content (AvgIpc) is 2.85. The summed E-state index contributed by atoms with van der Waals surface area (Å²) in [7, 11) is 0. The van der Waals surface area contributed by atoms with E-state index in [-0.39, 0.29) is 30.4 Å². The highest BCUT2D eigenvalue weighted by Gasteiger charge is 2.22. The Morgan fingerprint density at radius 2 is 1.46 bits per heavy atom. The predicted molar refractivity (Wildman–Crippen MR) is 102 cm³/mol. The smallest absolute Gasteiger partial charge is 0.223 e. The molecule has 2 rings (SSSR count). The summed E-state index contributed by atoms with van der Waals surface area (Å²) in [6.45, 7) is 8.56. The molecule has 5 heteroatoms. The van der Waals surface area contributed by atoms with E-state index in [1.807, 2.05) is 49.9 Å². The zero-order valence-electron chi connectivity index (χ0n) is 16.2. The van der Waals surface area contributed by atoms with Crippen LogP contribution in [0.2, 0.25) is 0 Å². The Morgan fingerprint density at radius 3 is 2.04 bits per heavy atom. The molecule has 0 saturated carbocycles. The lowest BCUT2D eigenvalue weighted by atomic mass is 10.0. The van der Waals surface area contributed by atoms with Gasteiger partial charge in [-0.05, 0) is 19.3 Å². The first-order valence-corrected chi connectivity index (χ1v) is 9.52. The molecule has 1 aliphatic rings. The molecule has 0 spiro atoms. The number of hydrogen-bond donors (Lipinski definition) is 0. The van der Waals surface area contributed by atoms with Crippen molar-refractivity contribution in [2.45, 2.75) is 46.5 Å². The van der Waals surface area contributed by atoms with E-state index in [4.69, 9.17) is 0 Å². The number of Topliss-reactive ketones (excluding diaryl/α,β-unsaturated/α-hetero) is 1. The number of carbonyl (C=O) groups is 3. The van der Waals surface area contributed by atoms with Crippen LogP contribution in [0.5, 0.6) is 0 Å². The van der Waals surface area contributed by atoms with E-state index >= 15 is 0 Å². The van der Waals surface area contributed by atoms with Gasteiger partial charge in [-0.1, -0.05) is 43.7 Å². The van der Waals surface area contributed by atoms with Crippen molar-refractivity contribution < 1.29 is 14.4 Å². The first-order chi connectivity index (χ1) is 12.4. The van der Waals surface area contributed by atoms with Gasteiger partial charge in [0.1, 0.15) is 0 Å². The first-order valence-electron chi connectivity index (χ1n) is 9.52. The Labute approximate surface area is 156 Å². The van der Waals surface area contributed by atoms with Crippen molar-refractivity contribution in [3.05, 3.63) is 35.4 Å². The van der Waals surface area contributed by atoms with Gasteiger partial charge in [-0.15, -0.1) is 0 Å². The third-order valence-electron chi connectivity index (χ3n) is 4.72. The van der Waals surface area contributed by atoms with Crippen LogP contribution in [0.15, 0.2) is 24.3 Å². The summed E-state index contributed by atoms with van der Waals surface area (Å²) in [6, 6.07) is 7.44. The van der Waals surface area contributed by atoms with Gasteiger partial charge < -0.3 is 9.80 Å². The third kappa shape index (κ3) is 5.97. The molecule has 142 valence electrons. The van der Waals surface area contributed by atoms with Crippen LogP contribution in [0.4, 0.5) is 0 Å². The molecule has 1 fully saturated rings. The number of aryl methyl sites for hydroxylation is 1. The normalized spacial score (nSPS) is 15.1. The predicted octanol–water partition coefficient (Wildman–Crippen LogP) is 3.06. The molecule has 0 unspecified atom stereocenters. The lowest BCUT2D eigenvalue weighted by Crippen LogP contribution is -2.37. The minimum atomic E-state index is 0.00177. The summed E-state index contributed by atoms with van der Waals surface area (Å²) < 4.78 is 0. The maximum absolute atomic E-state index is 12.5. The van der Waals surface area contributed by atoms with Gasteiger partial charge in [0.15, 0.2) is 5.78 Å². The number of amides is 2. The van der Waals surface area contributed by atoms with Crippen molar-refractivity contribution in [3.8, 4) is 0 Å². The Kier molecular flexibility index (Phi) is 7.37. The number of hydrogen-bond acceptors (Lipinski definition) is 3. The molecule has 0 aromatic heterocycles. The van der Waals surface area contributed by atoms with Crippen LogP contribution in [0.25, 0.3) is 0 Å². The van der Waals surface area contributed by atoms with E-state index in [9.17, 15) is 14.4 Å². The van der Waals surface area contributed by atoms with Crippen LogP contribution in [0.3, 0.4) is 0 Å². The van der Waals surface area contributed by atoms with Gasteiger partial charge >= 0.3 is 0 Å². The second kappa shape index (κ2) is 9.51. The average molecular weight is 358 g/mol. The molecular formula is C21H30N2O3. The molecule has 0 radical (unpaired) electrons. The number of ketones is 1. The molecule has 2 amide bonds. The molecule has 1 aliphatic heterocycles. The molecule has 0 bridgehead atoms. The molecule has 1 saturated heterocycles. The maximum atomic E-state index is 12.5. The highest BCUT2D eigenvalue weighted by atomic mass is 16.2. The molecule has 0 atom stereocenters. The largest absolute Gasteiger partial charge is 0.341 e. The number of carbonyl (C=O) groups excluding carboxylic acids is 3. The summed E-state index contributed by atoms with van der Waals surface area (Å²) in [6.07, 6.45) is 1.81. The topological polar surface area (TPSA) is 57.7 Å². The SMILES string of the molecule is Cc1ccc(C(=O)CCC(=O)N2CCCN(C(=O)CC(C)C)CC2)cc1. The molecule has 0 aliphatic carbocycles. The lowest BCUT2D eigenvalue weighted by molar-refractivity contribution is -0.133. The second-order valence-corrected chi connectivity index (χ2v) is 7.50. The van der Waals surface area contributed by atoms with E-state index in [1.165, 1.54) is 0 Å². The zero-order chi connectivity index (χ0) is 19.1. The molecule has 26 heavy (non-hydrogen) atoms. The van der Waals surface area contributed by atoms with Crippen LogP contribution in [-0.4, -0.2) is 53.6 Å². The fourth-order valence-corrected chi connectivity index (χ4v) is 3.16. The molecular weight excluding hydrogens is 328 g/mol. The van der Waals surface area contributed by atoms with Crippen molar-refractivity contribution in [1.29, 1.82) is 0 Å². The van der Waals surface area contributed by atoms with Crippen molar-refractivity contribution in [2.75, 3.05) is 26.2 Å². The summed E-state index contributed by atoms with van der Waals surface area (Å²) in [5, 5.41) is 0. The van der Waals surface area contributed by atoms with Gasteiger partial charge in [0, 0.05) is 51.0 Å². The van der Waals surface area contributed by atoms with Crippen LogP contribution in [-0.2, 0) is 9.59 Å². The van der Waals surface area contributed by atoms with Crippen LogP contribution >= 0.6 is 0 Å². The van der Waals surface area contributed by atoms with E-state index < -0.39 is 0 Å². The van der Waals surface area contributed by atoms with Gasteiger partial charge in [-0.2, -0.15) is 0 Å². The summed E-state index contributed by atoms with van der Waals surface area (Å²) >= 11 is 0. The fraction of sp³-hybridized carbons (Fsp3) is 0.571. The van der Waals surface area contributed by atoms with Gasteiger partial charge in [0.05, 0.1) is 0 Å². The van der Waals surface area contributed by atoms with Gasteiger partial charge in [0.2, 0.25) is 11.8 Å². The van der Waals surface area contributed by atoms with Crippen molar-refractivity contribution in [2.24, 2.45) is 5.92 Å². The molecule has 1 aromatic carbocycles. The number of rotatable bonds is 6. The van der Waals surface area contributed by atoms with Crippen molar-refractivity contribution >= 4 is 17.6 Å². The van der Waals surface area contributed by atoms with E-state index in [2.05, 4.69) is 0 Å². The van der Waals surface area contributed by atoms with Crippen molar-refractivity contribution in [3.63, 3.8) is 0 Å². The quantitative estimate of drug-likeness (QED) is 0.735. The Balaban J connectivity index is 1.81. The number of benzene rings is 1. The molecule has 1 aromatic rings. The minimum absolute atomic E-state index is 0.00177. The third-order valence-corrected chi connectivity index (χ3v) is 4.72. The van der Waals surface area contributed by atoms with Gasteiger partial charge in [0.25, 0.3) is 0 Å². The summed E-state index contributed by atoms with van der Waals surface area (Å²) in [4.78, 5) is 40.6. The highest BCUT2D eigenvalue weighted by molar-refractivity contribution is 5.98.